The Morgan fingerprint density at radius 1 is 1.42 bits per heavy atom. The van der Waals surface area contributed by atoms with E-state index in [1.807, 2.05) is 5.38 Å². The van der Waals surface area contributed by atoms with E-state index in [9.17, 15) is 8.42 Å². The van der Waals surface area contributed by atoms with Crippen LogP contribution >= 0.6 is 22.7 Å². The fourth-order valence-electron chi connectivity index (χ4n) is 1.56. The van der Waals surface area contributed by atoms with E-state index in [2.05, 4.69) is 9.71 Å². The van der Waals surface area contributed by atoms with Gasteiger partial charge in [0.15, 0.2) is 0 Å². The third kappa shape index (κ3) is 3.21. The lowest BCUT2D eigenvalue weighted by Crippen LogP contribution is -2.40. The molecule has 2 aromatic rings. The first-order chi connectivity index (χ1) is 8.85. The number of nitrogens with one attached hydrogen (secondary N) is 1. The van der Waals surface area contributed by atoms with Gasteiger partial charge in [0.1, 0.15) is 9.22 Å². The van der Waals surface area contributed by atoms with E-state index in [4.69, 9.17) is 5.73 Å². The van der Waals surface area contributed by atoms with Gasteiger partial charge in [-0.2, -0.15) is 4.72 Å². The van der Waals surface area contributed by atoms with Crippen LogP contribution in [-0.4, -0.2) is 13.4 Å². The molecular formula is C11H15N3O2S3. The molecule has 0 unspecified atom stereocenters. The van der Waals surface area contributed by atoms with Gasteiger partial charge >= 0.3 is 0 Å². The van der Waals surface area contributed by atoms with Gasteiger partial charge in [-0.1, -0.05) is 0 Å². The summed E-state index contributed by atoms with van der Waals surface area (Å²) in [5.41, 5.74) is 5.57. The molecule has 8 heteroatoms. The summed E-state index contributed by atoms with van der Waals surface area (Å²) < 4.78 is 27.6. The Morgan fingerprint density at radius 3 is 2.68 bits per heavy atom. The predicted molar refractivity (Wildman–Crippen MR) is 77.7 cm³/mol. The summed E-state index contributed by atoms with van der Waals surface area (Å²) in [5.74, 6) is 0. The summed E-state index contributed by atoms with van der Waals surface area (Å²) in [4.78, 5) is 4.16. The predicted octanol–water partition coefficient (Wildman–Crippen LogP) is 1.88. The van der Waals surface area contributed by atoms with Crippen LogP contribution in [0.2, 0.25) is 0 Å². The molecule has 2 aromatic heterocycles. The number of sulfonamides is 1. The zero-order valence-corrected chi connectivity index (χ0v) is 13.0. The van der Waals surface area contributed by atoms with Crippen LogP contribution < -0.4 is 10.5 Å². The molecule has 0 aliphatic rings. The van der Waals surface area contributed by atoms with Crippen LogP contribution in [0.15, 0.2) is 27.2 Å². The Kier molecular flexibility index (Phi) is 4.07. The minimum Gasteiger partial charge on any atom is -0.326 e. The number of nitrogens with zero attached hydrogens (tertiary/aromatic N) is 1. The third-order valence-corrected chi connectivity index (χ3v) is 6.73. The zero-order valence-electron chi connectivity index (χ0n) is 10.6. The Bertz CT molecular complexity index is 645. The Balaban J connectivity index is 2.26. The van der Waals surface area contributed by atoms with Crippen LogP contribution in [0.25, 0.3) is 0 Å². The first-order valence-electron chi connectivity index (χ1n) is 5.56. The van der Waals surface area contributed by atoms with E-state index in [-0.39, 0.29) is 4.21 Å². The van der Waals surface area contributed by atoms with E-state index < -0.39 is 15.6 Å². The monoisotopic (exact) mass is 317 g/mol. The summed E-state index contributed by atoms with van der Waals surface area (Å²) >= 11 is 2.59. The van der Waals surface area contributed by atoms with Gasteiger partial charge in [0.2, 0.25) is 0 Å². The van der Waals surface area contributed by atoms with Crippen LogP contribution in [0.3, 0.4) is 0 Å². The lowest BCUT2D eigenvalue weighted by molar-refractivity contribution is 0.471. The number of rotatable bonds is 5. The first-order valence-corrected chi connectivity index (χ1v) is 8.81. The molecule has 19 heavy (non-hydrogen) atoms. The van der Waals surface area contributed by atoms with Crippen LogP contribution in [0.1, 0.15) is 24.4 Å². The van der Waals surface area contributed by atoms with Crippen molar-refractivity contribution in [1.29, 1.82) is 0 Å². The maximum Gasteiger partial charge on any atom is 0.250 e. The second-order valence-electron chi connectivity index (χ2n) is 4.55. The minimum atomic E-state index is -3.55. The van der Waals surface area contributed by atoms with Crippen molar-refractivity contribution in [2.45, 2.75) is 30.1 Å². The van der Waals surface area contributed by atoms with Crippen molar-refractivity contribution in [3.8, 4) is 0 Å². The smallest absolute Gasteiger partial charge is 0.250 e. The molecule has 0 radical (unpaired) electrons. The van der Waals surface area contributed by atoms with Crippen molar-refractivity contribution in [3.63, 3.8) is 0 Å². The molecule has 0 aliphatic heterocycles. The van der Waals surface area contributed by atoms with E-state index in [0.717, 1.165) is 10.6 Å². The van der Waals surface area contributed by atoms with E-state index in [1.54, 1.807) is 31.5 Å². The molecule has 5 nitrogen and oxygen atoms in total. The minimum absolute atomic E-state index is 0.276. The summed E-state index contributed by atoms with van der Waals surface area (Å²) in [5, 5.41) is 4.31. The number of thiophene rings is 1. The van der Waals surface area contributed by atoms with Crippen molar-refractivity contribution >= 4 is 32.7 Å². The third-order valence-electron chi connectivity index (χ3n) is 2.49. The van der Waals surface area contributed by atoms with Crippen LogP contribution in [0, 0.1) is 0 Å². The van der Waals surface area contributed by atoms with Crippen LogP contribution in [0.5, 0.6) is 0 Å². The van der Waals surface area contributed by atoms with Crippen molar-refractivity contribution in [2.24, 2.45) is 5.73 Å². The molecule has 0 saturated carbocycles. The number of nitrogens with two attached hydrogens (primary N) is 1. The molecular weight excluding hydrogens is 302 g/mol. The largest absolute Gasteiger partial charge is 0.326 e. The highest BCUT2D eigenvalue weighted by Gasteiger charge is 2.30. The summed E-state index contributed by atoms with van der Waals surface area (Å²) in [6.07, 6.45) is 1.66. The molecule has 0 aliphatic carbocycles. The molecule has 0 fully saturated rings. The van der Waals surface area contributed by atoms with Crippen molar-refractivity contribution in [3.05, 3.63) is 33.6 Å². The van der Waals surface area contributed by atoms with Crippen LogP contribution in [0.4, 0.5) is 0 Å². The Morgan fingerprint density at radius 2 is 2.16 bits per heavy atom. The molecule has 104 valence electrons. The second-order valence-corrected chi connectivity index (χ2v) is 8.26. The molecule has 0 aromatic carbocycles. The standard InChI is InChI=1S/C11H15N3O2S3/c1-11(2,10-13-3-4-17-10)14-19(15,16)9-5-8(6-12)7-18-9/h3-5,7,14H,6,12H2,1-2H3. The SMILES string of the molecule is CC(C)(NS(=O)(=O)c1cc(CN)cs1)c1nccs1. The molecule has 0 bridgehead atoms. The lowest BCUT2D eigenvalue weighted by atomic mass is 10.1. The fourth-order valence-corrected chi connectivity index (χ4v) is 4.95. The van der Waals surface area contributed by atoms with Gasteiger partial charge < -0.3 is 5.73 Å². The highest BCUT2D eigenvalue weighted by Crippen LogP contribution is 2.27. The van der Waals surface area contributed by atoms with Gasteiger partial charge in [0.25, 0.3) is 10.0 Å². The number of hydrogen-bond acceptors (Lipinski definition) is 6. The average Bonchev–Trinajstić information content (AvgIpc) is 2.99. The quantitative estimate of drug-likeness (QED) is 0.881. The van der Waals surface area contributed by atoms with E-state index in [1.165, 1.54) is 22.7 Å². The normalized spacial score (nSPS) is 12.8. The van der Waals surface area contributed by atoms with Crippen molar-refractivity contribution in [2.75, 3.05) is 0 Å². The highest BCUT2D eigenvalue weighted by molar-refractivity contribution is 7.91. The Hall–Kier alpha value is -0.800. The maximum absolute atomic E-state index is 12.3. The average molecular weight is 317 g/mol. The van der Waals surface area contributed by atoms with Crippen molar-refractivity contribution in [1.82, 2.24) is 9.71 Å². The van der Waals surface area contributed by atoms with Gasteiger partial charge in [-0.3, -0.25) is 0 Å². The molecule has 0 atom stereocenters. The molecule has 2 rings (SSSR count). The van der Waals surface area contributed by atoms with Gasteiger partial charge in [-0.25, -0.2) is 13.4 Å². The number of hydrogen-bond donors (Lipinski definition) is 2. The van der Waals surface area contributed by atoms with Gasteiger partial charge in [-0.05, 0) is 30.9 Å². The zero-order chi connectivity index (χ0) is 14.1. The van der Waals surface area contributed by atoms with Crippen LogP contribution in [-0.2, 0) is 22.1 Å². The lowest BCUT2D eigenvalue weighted by Gasteiger charge is -2.22. The fraction of sp³-hybridized carbons (Fsp3) is 0.364. The Labute approximate surface area is 120 Å². The van der Waals surface area contributed by atoms with Crippen molar-refractivity contribution < 1.29 is 8.42 Å². The molecule has 0 saturated heterocycles. The van der Waals surface area contributed by atoms with E-state index in [0.29, 0.717) is 6.54 Å². The maximum atomic E-state index is 12.3. The highest BCUT2D eigenvalue weighted by atomic mass is 32.2. The second kappa shape index (κ2) is 5.29. The van der Waals surface area contributed by atoms with E-state index >= 15 is 0 Å². The number of aromatic nitrogens is 1. The molecule has 2 heterocycles. The first kappa shape index (κ1) is 14.6. The molecule has 0 spiro atoms. The summed E-state index contributed by atoms with van der Waals surface area (Å²) in [6, 6.07) is 1.60. The summed E-state index contributed by atoms with van der Waals surface area (Å²) in [6.45, 7) is 3.92. The topological polar surface area (TPSA) is 85.1 Å². The van der Waals surface area contributed by atoms with Gasteiger partial charge in [-0.15, -0.1) is 22.7 Å². The molecule has 3 N–H and O–H groups in total. The number of thiazole rings is 1. The van der Waals surface area contributed by atoms with Gasteiger partial charge in [0.05, 0.1) is 5.54 Å². The van der Waals surface area contributed by atoms with Gasteiger partial charge in [0, 0.05) is 18.1 Å². The molecule has 0 amide bonds. The summed E-state index contributed by atoms with van der Waals surface area (Å²) in [7, 11) is -3.55.